The minimum absolute atomic E-state index is 0.188. The van der Waals surface area contributed by atoms with Crippen LogP contribution in [0.1, 0.15) is 18.2 Å². The summed E-state index contributed by atoms with van der Waals surface area (Å²) in [5.41, 5.74) is 1.69. The summed E-state index contributed by atoms with van der Waals surface area (Å²) in [6.45, 7) is 3.18. The van der Waals surface area contributed by atoms with Crippen molar-refractivity contribution < 1.29 is 28.2 Å². The van der Waals surface area contributed by atoms with Crippen molar-refractivity contribution in [3.8, 4) is 11.1 Å². The average molecular weight is 447 g/mol. The number of nitrogens with zero attached hydrogens (tertiary/aromatic N) is 3. The molecule has 0 radical (unpaired) electrons. The van der Waals surface area contributed by atoms with Gasteiger partial charge in [0.05, 0.1) is 6.10 Å². The van der Waals surface area contributed by atoms with Gasteiger partial charge in [0.25, 0.3) is 0 Å². The van der Waals surface area contributed by atoms with Crippen molar-refractivity contribution in [3.05, 3.63) is 60.0 Å². The monoisotopic (exact) mass is 447 g/mol. The molecule has 0 saturated carbocycles. The lowest BCUT2D eigenvalue weighted by molar-refractivity contribution is -0.141. The van der Waals surface area contributed by atoms with Crippen molar-refractivity contribution in [3.63, 3.8) is 0 Å². The number of hydrogen-bond donors (Lipinski definition) is 4. The van der Waals surface area contributed by atoms with E-state index in [4.69, 9.17) is 5.11 Å². The molecular weight excluding hydrogens is 427 g/mol. The number of nitrogens with one attached hydrogen (secondary N) is 2. The molecule has 0 amide bonds. The lowest BCUT2D eigenvalue weighted by atomic mass is 10.0. The number of carbonyl (C=O) groups is 1. The maximum Gasteiger partial charge on any atom is 0.433 e. The van der Waals surface area contributed by atoms with Crippen LogP contribution in [0, 0.1) is 6.92 Å². The fraction of sp³-hybridized carbons (Fsp3) is 0.238. The number of carboxylic acids is 1. The first kappa shape index (κ1) is 22.9. The smallest absolute Gasteiger partial charge is 0.433 e. The predicted octanol–water partition coefficient (Wildman–Crippen LogP) is 3.86. The average Bonchev–Trinajstić information content (AvgIpc) is 2.71. The van der Waals surface area contributed by atoms with Crippen molar-refractivity contribution in [2.75, 3.05) is 10.6 Å². The van der Waals surface area contributed by atoms with E-state index in [1.54, 1.807) is 24.3 Å². The molecule has 2 aromatic heterocycles. The van der Waals surface area contributed by atoms with Crippen molar-refractivity contribution in [1.29, 1.82) is 0 Å². The van der Waals surface area contributed by atoms with Gasteiger partial charge in [0.1, 0.15) is 11.5 Å². The van der Waals surface area contributed by atoms with Gasteiger partial charge >= 0.3 is 12.1 Å². The molecule has 0 aliphatic carbocycles. The number of benzene rings is 1. The third-order valence-corrected chi connectivity index (χ3v) is 4.43. The molecule has 32 heavy (non-hydrogen) atoms. The van der Waals surface area contributed by atoms with Crippen molar-refractivity contribution in [2.45, 2.75) is 32.2 Å². The van der Waals surface area contributed by atoms with Gasteiger partial charge in [-0.05, 0) is 55.3 Å². The van der Waals surface area contributed by atoms with Crippen LogP contribution in [-0.2, 0) is 11.0 Å². The predicted molar refractivity (Wildman–Crippen MR) is 111 cm³/mol. The van der Waals surface area contributed by atoms with E-state index in [-0.39, 0.29) is 11.8 Å². The van der Waals surface area contributed by atoms with Crippen LogP contribution in [0.25, 0.3) is 11.1 Å². The Morgan fingerprint density at radius 2 is 1.84 bits per heavy atom. The molecular formula is C21H20F3N5O3. The quantitative estimate of drug-likeness (QED) is 0.431. The zero-order valence-electron chi connectivity index (χ0n) is 17.1. The zero-order valence-corrected chi connectivity index (χ0v) is 17.1. The normalized spacial score (nSPS) is 13.3. The molecule has 168 valence electrons. The molecule has 0 aliphatic heterocycles. The highest BCUT2D eigenvalue weighted by Gasteiger charge is 2.32. The summed E-state index contributed by atoms with van der Waals surface area (Å²) in [4.78, 5) is 22.7. The number of aliphatic hydroxyl groups is 1. The van der Waals surface area contributed by atoms with Gasteiger partial charge in [-0.2, -0.15) is 13.2 Å². The molecule has 0 aliphatic rings. The van der Waals surface area contributed by atoms with E-state index in [9.17, 15) is 23.1 Å². The minimum Gasteiger partial charge on any atom is -0.480 e. The Kier molecular flexibility index (Phi) is 6.58. The fourth-order valence-electron chi connectivity index (χ4n) is 2.93. The molecule has 0 fully saturated rings. The molecule has 1 unspecified atom stereocenters. The number of hydrogen-bond acceptors (Lipinski definition) is 7. The molecule has 1 aromatic carbocycles. The van der Waals surface area contributed by atoms with Gasteiger partial charge in [-0.15, -0.1) is 0 Å². The number of aliphatic carboxylic acids is 1. The molecule has 0 spiro atoms. The molecule has 0 saturated heterocycles. The maximum absolute atomic E-state index is 12.9. The number of aliphatic hydroxyl groups excluding tert-OH is 1. The summed E-state index contributed by atoms with van der Waals surface area (Å²) in [5, 5.41) is 24.2. The Morgan fingerprint density at radius 3 is 2.44 bits per heavy atom. The van der Waals surface area contributed by atoms with Crippen LogP contribution >= 0.6 is 0 Å². The van der Waals surface area contributed by atoms with Crippen LogP contribution < -0.4 is 10.6 Å². The number of carboxylic acid groups (broad SMARTS) is 1. The molecule has 0 bridgehead atoms. The highest BCUT2D eigenvalue weighted by Crippen LogP contribution is 2.29. The SMILES string of the molecule is Cc1cc(Nc2nccc(C(F)(F)F)n2)cc(-c2ccc(N[C@H](C(=O)O)C(C)O)nc2)c1. The van der Waals surface area contributed by atoms with Gasteiger partial charge in [-0.1, -0.05) is 6.07 Å². The van der Waals surface area contributed by atoms with Crippen LogP contribution in [0.2, 0.25) is 0 Å². The fourth-order valence-corrected chi connectivity index (χ4v) is 2.93. The largest absolute Gasteiger partial charge is 0.480 e. The molecule has 4 N–H and O–H groups in total. The van der Waals surface area contributed by atoms with Crippen molar-refractivity contribution >= 4 is 23.4 Å². The third kappa shape index (κ3) is 5.70. The van der Waals surface area contributed by atoms with E-state index in [1.165, 1.54) is 13.1 Å². The van der Waals surface area contributed by atoms with Crippen molar-refractivity contribution in [2.24, 2.45) is 0 Å². The highest BCUT2D eigenvalue weighted by molar-refractivity contribution is 5.78. The van der Waals surface area contributed by atoms with E-state index in [0.29, 0.717) is 11.3 Å². The number of rotatable bonds is 7. The standard InChI is InChI=1S/C21H20F3N5O3/c1-11-7-14(13-3-4-17(26-10-13)29-18(12(2)30)19(31)32)9-15(8-11)27-20-25-6-5-16(28-20)21(22,23)24/h3-10,12,18,30H,1-2H3,(H,26,29)(H,31,32)(H,25,27,28)/t12?,18-/m0/s1. The second-order valence-corrected chi connectivity index (χ2v) is 7.11. The first-order valence-electron chi connectivity index (χ1n) is 9.46. The van der Waals surface area contributed by atoms with E-state index in [0.717, 1.165) is 23.4 Å². The Morgan fingerprint density at radius 1 is 1.09 bits per heavy atom. The first-order valence-corrected chi connectivity index (χ1v) is 9.46. The summed E-state index contributed by atoms with van der Waals surface area (Å²) in [5.74, 6) is -1.13. The first-order chi connectivity index (χ1) is 15.0. The summed E-state index contributed by atoms with van der Waals surface area (Å²) in [6, 6.07) is 8.15. The van der Waals surface area contributed by atoms with Gasteiger partial charge in [0.15, 0.2) is 6.04 Å². The lowest BCUT2D eigenvalue weighted by Crippen LogP contribution is -2.39. The molecule has 11 heteroatoms. The number of halogens is 3. The Bertz CT molecular complexity index is 1100. The topological polar surface area (TPSA) is 120 Å². The third-order valence-electron chi connectivity index (χ3n) is 4.43. The zero-order chi connectivity index (χ0) is 23.5. The number of pyridine rings is 1. The summed E-state index contributed by atoms with van der Waals surface area (Å²) >= 11 is 0. The van der Waals surface area contributed by atoms with Gasteiger partial charge < -0.3 is 20.8 Å². The Hall–Kier alpha value is -3.73. The van der Waals surface area contributed by atoms with Crippen LogP contribution in [0.4, 0.5) is 30.6 Å². The van der Waals surface area contributed by atoms with E-state index < -0.39 is 30.0 Å². The highest BCUT2D eigenvalue weighted by atomic mass is 19.4. The van der Waals surface area contributed by atoms with Gasteiger partial charge in [-0.3, -0.25) is 0 Å². The molecule has 8 nitrogen and oxygen atoms in total. The second kappa shape index (κ2) is 9.18. The lowest BCUT2D eigenvalue weighted by Gasteiger charge is -2.17. The molecule has 3 rings (SSSR count). The Labute approximate surface area is 181 Å². The van der Waals surface area contributed by atoms with E-state index >= 15 is 0 Å². The van der Waals surface area contributed by atoms with E-state index in [1.807, 2.05) is 13.0 Å². The van der Waals surface area contributed by atoms with Crippen LogP contribution in [0.3, 0.4) is 0 Å². The van der Waals surface area contributed by atoms with Crippen LogP contribution in [0.15, 0.2) is 48.8 Å². The molecule has 2 atom stereocenters. The van der Waals surface area contributed by atoms with Crippen molar-refractivity contribution in [1.82, 2.24) is 15.0 Å². The van der Waals surface area contributed by atoms with Crippen LogP contribution in [0.5, 0.6) is 0 Å². The second-order valence-electron chi connectivity index (χ2n) is 7.11. The number of aryl methyl sites for hydroxylation is 1. The van der Waals surface area contributed by atoms with Gasteiger partial charge in [-0.25, -0.2) is 19.7 Å². The molecule has 3 aromatic rings. The summed E-state index contributed by atoms with van der Waals surface area (Å²) in [6.07, 6.45) is -3.16. The van der Waals surface area contributed by atoms with Crippen LogP contribution in [-0.4, -0.2) is 43.3 Å². The summed E-state index contributed by atoms with van der Waals surface area (Å²) < 4.78 is 38.6. The summed E-state index contributed by atoms with van der Waals surface area (Å²) in [7, 11) is 0. The van der Waals surface area contributed by atoms with E-state index in [2.05, 4.69) is 25.6 Å². The van der Waals surface area contributed by atoms with Gasteiger partial charge in [0, 0.05) is 23.6 Å². The van der Waals surface area contributed by atoms with Gasteiger partial charge in [0.2, 0.25) is 5.95 Å². The Balaban J connectivity index is 1.82. The maximum atomic E-state index is 12.9. The number of aromatic nitrogens is 3. The molecule has 2 heterocycles. The number of anilines is 3. The minimum atomic E-state index is -4.58. The number of alkyl halides is 3.